The van der Waals surface area contributed by atoms with Gasteiger partial charge in [-0.05, 0) is 36.6 Å². The molecule has 1 aliphatic carbocycles. The molecule has 30 heavy (non-hydrogen) atoms. The number of fused-ring (bicyclic) bond motifs is 3. The highest BCUT2D eigenvalue weighted by molar-refractivity contribution is 7.90. The van der Waals surface area contributed by atoms with Gasteiger partial charge in [-0.2, -0.15) is 4.79 Å². The molecule has 2 aromatic carbocycles. The van der Waals surface area contributed by atoms with Gasteiger partial charge in [0, 0.05) is 17.4 Å². The molecule has 8 nitrogen and oxygen atoms in total. The summed E-state index contributed by atoms with van der Waals surface area (Å²) in [5.74, 6) is -1.29. The lowest BCUT2D eigenvalue weighted by molar-refractivity contribution is 0.0983. The first-order valence-corrected chi connectivity index (χ1v) is 11.2. The number of nitrogens with one attached hydrogen (secondary N) is 1. The molecule has 3 N–H and O–H groups in total. The molecular weight excluding hydrogens is 428 g/mol. The van der Waals surface area contributed by atoms with Gasteiger partial charge in [0.2, 0.25) is 0 Å². The van der Waals surface area contributed by atoms with Crippen LogP contribution in [-0.2, 0) is 22.7 Å². The topological polar surface area (TPSA) is 124 Å². The summed E-state index contributed by atoms with van der Waals surface area (Å²) in [6.07, 6.45) is 2.34. The number of nitrogens with zero attached hydrogens (tertiary/aromatic N) is 2. The first-order chi connectivity index (χ1) is 14.2. The van der Waals surface area contributed by atoms with Crippen molar-refractivity contribution in [2.75, 3.05) is 11.7 Å². The van der Waals surface area contributed by atoms with Gasteiger partial charge in [-0.1, -0.05) is 35.9 Å². The molecule has 2 amide bonds. The molecule has 154 valence electrons. The van der Waals surface area contributed by atoms with E-state index >= 15 is 0 Å². The Morgan fingerprint density at radius 2 is 1.90 bits per heavy atom. The fourth-order valence-corrected chi connectivity index (χ4v) is 4.52. The Morgan fingerprint density at radius 1 is 1.17 bits per heavy atom. The normalized spacial score (nSPS) is 12.7. The molecular formula is C20H17ClN4O4S. The third-order valence-corrected chi connectivity index (χ3v) is 6.38. The monoisotopic (exact) mass is 444 g/mol. The molecule has 10 heteroatoms. The minimum absolute atomic E-state index is 0.00506. The Bertz CT molecular complexity index is 1310. The quantitative estimate of drug-likeness (QED) is 0.638. The first kappa shape index (κ1) is 20.1. The molecule has 3 aromatic rings. The van der Waals surface area contributed by atoms with Gasteiger partial charge in [0.15, 0.2) is 15.5 Å². The number of hydrogen-bond acceptors (Lipinski definition) is 5. The summed E-state index contributed by atoms with van der Waals surface area (Å²) in [6, 6.07) is 11.5. The van der Waals surface area contributed by atoms with Crippen molar-refractivity contribution in [2.24, 2.45) is 5.73 Å². The van der Waals surface area contributed by atoms with Crippen LogP contribution in [0.5, 0.6) is 0 Å². The van der Waals surface area contributed by atoms with Crippen LogP contribution in [0.25, 0.3) is 11.3 Å². The number of aryl methyl sites for hydroxylation is 1. The van der Waals surface area contributed by atoms with Crippen LogP contribution < -0.4 is 11.2 Å². The van der Waals surface area contributed by atoms with Crippen molar-refractivity contribution in [3.05, 3.63) is 69.9 Å². The minimum atomic E-state index is -3.46. The van der Waals surface area contributed by atoms with Gasteiger partial charge in [0.25, 0.3) is 11.8 Å². The molecule has 0 saturated heterocycles. The maximum absolute atomic E-state index is 12.9. The van der Waals surface area contributed by atoms with Crippen LogP contribution in [0.2, 0.25) is 5.02 Å². The Morgan fingerprint density at radius 3 is 2.57 bits per heavy atom. The van der Waals surface area contributed by atoms with Crippen molar-refractivity contribution >= 4 is 33.3 Å². The first-order valence-electron chi connectivity index (χ1n) is 8.97. The van der Waals surface area contributed by atoms with Crippen molar-refractivity contribution in [2.45, 2.75) is 17.7 Å². The second kappa shape index (κ2) is 7.26. The van der Waals surface area contributed by atoms with E-state index in [9.17, 15) is 18.0 Å². The standard InChI is InChI=1S/C20H17ClN4O4S/c1-30(28,29)12-7-9-14(16(21)10-12)20(27)24-25-18-13-5-3-2-4-11(13)6-8-15(18)17(23-25)19(22)26/h2-5,7,9-10H,6,8H2,1H3,(H2,22,26)(H,24,27). The molecule has 0 aliphatic heterocycles. The van der Waals surface area contributed by atoms with Crippen LogP contribution in [0.3, 0.4) is 0 Å². The summed E-state index contributed by atoms with van der Waals surface area (Å²) in [6.45, 7) is 0. The molecule has 4 rings (SSSR count). The number of sulfone groups is 1. The Balaban J connectivity index is 1.76. The predicted molar refractivity (Wildman–Crippen MR) is 112 cm³/mol. The van der Waals surface area contributed by atoms with E-state index in [1.807, 2.05) is 24.3 Å². The summed E-state index contributed by atoms with van der Waals surface area (Å²) >= 11 is 6.15. The van der Waals surface area contributed by atoms with E-state index in [-0.39, 0.29) is 21.2 Å². The van der Waals surface area contributed by atoms with Crippen LogP contribution in [0.4, 0.5) is 0 Å². The predicted octanol–water partition coefficient (Wildman–Crippen LogP) is 2.19. The number of hydrogen-bond donors (Lipinski definition) is 2. The zero-order valence-corrected chi connectivity index (χ0v) is 17.4. The van der Waals surface area contributed by atoms with Crippen LogP contribution in [0.1, 0.15) is 32.0 Å². The molecule has 1 aromatic heterocycles. The largest absolute Gasteiger partial charge is 0.364 e. The van der Waals surface area contributed by atoms with Gasteiger partial charge in [-0.3, -0.25) is 9.59 Å². The molecule has 0 fully saturated rings. The van der Waals surface area contributed by atoms with Crippen molar-refractivity contribution in [3.63, 3.8) is 0 Å². The lowest BCUT2D eigenvalue weighted by atomic mass is 9.89. The number of carbonyl (C=O) groups is 2. The van der Waals surface area contributed by atoms with Crippen LogP contribution in [-0.4, -0.2) is 36.4 Å². The molecule has 0 atom stereocenters. The second-order valence-corrected chi connectivity index (χ2v) is 9.39. The fourth-order valence-electron chi connectivity index (χ4n) is 3.54. The Kier molecular flexibility index (Phi) is 4.87. The summed E-state index contributed by atoms with van der Waals surface area (Å²) in [7, 11) is -3.46. The van der Waals surface area contributed by atoms with E-state index in [4.69, 9.17) is 17.3 Å². The van der Waals surface area contributed by atoms with E-state index in [1.165, 1.54) is 23.0 Å². The van der Waals surface area contributed by atoms with Gasteiger partial charge >= 0.3 is 0 Å². The van der Waals surface area contributed by atoms with Gasteiger partial charge in [0.05, 0.1) is 21.2 Å². The molecule has 0 radical (unpaired) electrons. The number of halogens is 1. The fraction of sp³-hybridized carbons (Fsp3) is 0.150. The van der Waals surface area contributed by atoms with Crippen molar-refractivity contribution in [3.8, 4) is 11.3 Å². The maximum Gasteiger partial charge on any atom is 0.272 e. The Labute approximate surface area is 177 Å². The molecule has 0 spiro atoms. The van der Waals surface area contributed by atoms with E-state index in [0.29, 0.717) is 17.7 Å². The summed E-state index contributed by atoms with van der Waals surface area (Å²) < 4.78 is 23.4. The molecule has 1 heterocycles. The SMILES string of the molecule is CS(=O)(=O)c1ccc(C(=O)Nn2nc(C(N)=O)c3c2-c2ccccc2CC3)c(Cl)c1. The van der Waals surface area contributed by atoms with Crippen LogP contribution >= 0.6 is 11.6 Å². The average Bonchev–Trinajstić information content (AvgIpc) is 3.06. The van der Waals surface area contributed by atoms with E-state index in [1.54, 1.807) is 0 Å². The molecule has 0 unspecified atom stereocenters. The van der Waals surface area contributed by atoms with E-state index in [0.717, 1.165) is 23.8 Å². The van der Waals surface area contributed by atoms with Crippen molar-refractivity contribution < 1.29 is 18.0 Å². The number of nitrogens with two attached hydrogens (primary N) is 1. The summed E-state index contributed by atoms with van der Waals surface area (Å²) in [5, 5.41) is 4.19. The second-order valence-electron chi connectivity index (χ2n) is 6.96. The molecule has 0 bridgehead atoms. The van der Waals surface area contributed by atoms with Crippen LogP contribution in [0.15, 0.2) is 47.4 Å². The zero-order valence-electron chi connectivity index (χ0n) is 15.8. The third kappa shape index (κ3) is 3.46. The number of rotatable bonds is 4. The highest BCUT2D eigenvalue weighted by Crippen LogP contribution is 2.35. The Hall–Kier alpha value is -3.17. The number of benzene rings is 2. The van der Waals surface area contributed by atoms with Gasteiger partial charge in [-0.15, -0.1) is 5.10 Å². The average molecular weight is 445 g/mol. The maximum atomic E-state index is 12.9. The molecule has 1 aliphatic rings. The van der Waals surface area contributed by atoms with Crippen molar-refractivity contribution in [1.82, 2.24) is 9.89 Å². The number of carbonyl (C=O) groups excluding carboxylic acids is 2. The number of aromatic nitrogens is 2. The summed E-state index contributed by atoms with van der Waals surface area (Å²) in [4.78, 5) is 26.0. The lowest BCUT2D eigenvalue weighted by Crippen LogP contribution is -2.26. The van der Waals surface area contributed by atoms with Gasteiger partial charge in [-0.25, -0.2) is 13.8 Å². The van der Waals surface area contributed by atoms with Crippen molar-refractivity contribution in [1.29, 1.82) is 0 Å². The highest BCUT2D eigenvalue weighted by Gasteiger charge is 2.28. The van der Waals surface area contributed by atoms with E-state index in [2.05, 4.69) is 10.5 Å². The third-order valence-electron chi connectivity index (χ3n) is 4.95. The molecule has 0 saturated carbocycles. The zero-order chi connectivity index (χ0) is 21.6. The minimum Gasteiger partial charge on any atom is -0.364 e. The lowest BCUT2D eigenvalue weighted by Gasteiger charge is -2.18. The highest BCUT2D eigenvalue weighted by atomic mass is 35.5. The number of amides is 2. The smallest absolute Gasteiger partial charge is 0.272 e. The summed E-state index contributed by atoms with van der Waals surface area (Å²) in [5.41, 5.74) is 11.4. The van der Waals surface area contributed by atoms with Gasteiger partial charge < -0.3 is 5.73 Å². The van der Waals surface area contributed by atoms with Gasteiger partial charge in [0.1, 0.15) is 0 Å². The number of primary amides is 1. The van der Waals surface area contributed by atoms with Crippen LogP contribution in [0, 0.1) is 0 Å². The van der Waals surface area contributed by atoms with E-state index < -0.39 is 21.7 Å².